The van der Waals surface area contributed by atoms with Crippen LogP contribution in [0.5, 0.6) is 0 Å². The summed E-state index contributed by atoms with van der Waals surface area (Å²) in [6.45, 7) is 2.05. The maximum atomic E-state index is 3.59. The van der Waals surface area contributed by atoms with Crippen molar-refractivity contribution in [3.63, 3.8) is 0 Å². The zero-order valence-electron chi connectivity index (χ0n) is 12.9. The maximum Gasteiger partial charge on any atom is 0.0482 e. The minimum absolute atomic E-state index is 0.368. The van der Waals surface area contributed by atoms with Crippen LogP contribution in [0.15, 0.2) is 84.6 Å². The van der Waals surface area contributed by atoms with Crippen molar-refractivity contribution in [2.75, 3.05) is 0 Å². The summed E-state index contributed by atoms with van der Waals surface area (Å²) in [6, 6.07) is 15.4. The molecule has 0 aliphatic heterocycles. The number of benzene rings is 2. The van der Waals surface area contributed by atoms with E-state index >= 15 is 0 Å². The van der Waals surface area contributed by atoms with Crippen LogP contribution in [0.3, 0.4) is 0 Å². The lowest BCUT2D eigenvalue weighted by Gasteiger charge is -2.17. The third-order valence-corrected chi connectivity index (χ3v) is 3.77. The minimum Gasteiger partial charge on any atom is -0.379 e. The Bertz CT molecular complexity index is 762. The molecule has 0 saturated carbocycles. The van der Waals surface area contributed by atoms with Crippen LogP contribution < -0.4 is 5.32 Å². The van der Waals surface area contributed by atoms with Gasteiger partial charge in [0, 0.05) is 11.7 Å². The van der Waals surface area contributed by atoms with Gasteiger partial charge in [-0.2, -0.15) is 0 Å². The molecule has 0 aromatic heterocycles. The van der Waals surface area contributed by atoms with E-state index < -0.39 is 0 Å². The van der Waals surface area contributed by atoms with E-state index in [1.807, 2.05) is 6.92 Å². The first-order valence-corrected chi connectivity index (χ1v) is 7.78. The number of allylic oxidation sites excluding steroid dienone is 4. The van der Waals surface area contributed by atoms with Gasteiger partial charge in [-0.1, -0.05) is 66.8 Å². The molecule has 0 amide bonds. The fourth-order valence-electron chi connectivity index (χ4n) is 2.70. The van der Waals surface area contributed by atoms with Crippen molar-refractivity contribution in [1.82, 2.24) is 5.32 Å². The SMILES string of the molecule is C/C=C\C(=C/c1ccc2ccccc2c1)NC1C=CC=CC1. The molecule has 1 heteroatoms. The molecule has 1 N–H and O–H groups in total. The molecule has 3 rings (SSSR count). The van der Waals surface area contributed by atoms with E-state index in [9.17, 15) is 0 Å². The van der Waals surface area contributed by atoms with Gasteiger partial charge in [-0.3, -0.25) is 0 Å². The Hall–Kier alpha value is -2.54. The van der Waals surface area contributed by atoms with Crippen molar-refractivity contribution in [2.24, 2.45) is 0 Å². The molecule has 1 atom stereocenters. The van der Waals surface area contributed by atoms with Gasteiger partial charge < -0.3 is 5.32 Å². The predicted octanol–water partition coefficient (Wildman–Crippen LogP) is 5.23. The number of nitrogens with one attached hydrogen (secondary N) is 1. The summed E-state index contributed by atoms with van der Waals surface area (Å²) in [4.78, 5) is 0. The van der Waals surface area contributed by atoms with Crippen molar-refractivity contribution in [3.8, 4) is 0 Å². The Morgan fingerprint density at radius 3 is 2.73 bits per heavy atom. The maximum absolute atomic E-state index is 3.59. The highest BCUT2D eigenvalue weighted by Gasteiger charge is 2.05. The van der Waals surface area contributed by atoms with Crippen LogP contribution in [0.2, 0.25) is 0 Å². The largest absolute Gasteiger partial charge is 0.379 e. The van der Waals surface area contributed by atoms with Gasteiger partial charge in [0.2, 0.25) is 0 Å². The summed E-state index contributed by atoms with van der Waals surface area (Å²) < 4.78 is 0. The van der Waals surface area contributed by atoms with E-state index in [4.69, 9.17) is 0 Å². The smallest absolute Gasteiger partial charge is 0.0482 e. The Labute approximate surface area is 132 Å². The Balaban J connectivity index is 1.86. The third-order valence-electron chi connectivity index (χ3n) is 3.77. The molecule has 0 spiro atoms. The summed E-state index contributed by atoms with van der Waals surface area (Å²) in [5.41, 5.74) is 2.36. The van der Waals surface area contributed by atoms with Crippen LogP contribution in [0.25, 0.3) is 16.8 Å². The van der Waals surface area contributed by atoms with Gasteiger partial charge in [0.15, 0.2) is 0 Å². The molecule has 22 heavy (non-hydrogen) atoms. The second-order valence-corrected chi connectivity index (χ2v) is 5.51. The zero-order valence-corrected chi connectivity index (χ0v) is 12.9. The molecule has 1 aliphatic rings. The fourth-order valence-corrected chi connectivity index (χ4v) is 2.70. The second kappa shape index (κ2) is 6.95. The standard InChI is InChI=1S/C21H21N/c1-2-8-21(22-20-11-4-3-5-12-20)16-17-13-14-18-9-6-7-10-19(18)15-17/h2-11,13-16,20,22H,12H2,1H3/b8-2-,21-16+. The summed E-state index contributed by atoms with van der Waals surface area (Å²) in [5.74, 6) is 0. The van der Waals surface area contributed by atoms with Gasteiger partial charge in [0.25, 0.3) is 0 Å². The molecule has 110 valence electrons. The van der Waals surface area contributed by atoms with Gasteiger partial charge in [0.05, 0.1) is 0 Å². The van der Waals surface area contributed by atoms with Crippen LogP contribution in [0, 0.1) is 0 Å². The molecule has 0 radical (unpaired) electrons. The normalized spacial score (nSPS) is 18.2. The molecule has 0 bridgehead atoms. The van der Waals surface area contributed by atoms with Crippen molar-refractivity contribution in [2.45, 2.75) is 19.4 Å². The summed E-state index contributed by atoms with van der Waals surface area (Å²) in [5, 5.41) is 6.14. The molecule has 1 nitrogen and oxygen atoms in total. The highest BCUT2D eigenvalue weighted by Crippen LogP contribution is 2.18. The minimum atomic E-state index is 0.368. The first-order valence-electron chi connectivity index (χ1n) is 7.78. The monoisotopic (exact) mass is 287 g/mol. The van der Waals surface area contributed by atoms with E-state index in [1.165, 1.54) is 16.3 Å². The average Bonchev–Trinajstić information content (AvgIpc) is 2.56. The fraction of sp³-hybridized carbons (Fsp3) is 0.143. The molecule has 1 aliphatic carbocycles. The van der Waals surface area contributed by atoms with E-state index in [0.29, 0.717) is 6.04 Å². The molecule has 0 fully saturated rings. The Morgan fingerprint density at radius 2 is 1.95 bits per heavy atom. The van der Waals surface area contributed by atoms with E-state index in [0.717, 1.165) is 12.1 Å². The predicted molar refractivity (Wildman–Crippen MR) is 96.6 cm³/mol. The van der Waals surface area contributed by atoms with Crippen molar-refractivity contribution in [3.05, 3.63) is 90.2 Å². The highest BCUT2D eigenvalue weighted by atomic mass is 14.9. The molecule has 1 unspecified atom stereocenters. The number of rotatable bonds is 4. The second-order valence-electron chi connectivity index (χ2n) is 5.51. The molecule has 2 aromatic rings. The van der Waals surface area contributed by atoms with Gasteiger partial charge in [-0.05, 0) is 47.9 Å². The van der Waals surface area contributed by atoms with E-state index in [-0.39, 0.29) is 0 Å². The van der Waals surface area contributed by atoms with Gasteiger partial charge in [-0.25, -0.2) is 0 Å². The van der Waals surface area contributed by atoms with E-state index in [2.05, 4.69) is 90.3 Å². The Kier molecular flexibility index (Phi) is 4.55. The molecule has 2 aromatic carbocycles. The summed E-state index contributed by atoms with van der Waals surface area (Å²) in [6.07, 6.45) is 16.0. The molecule has 0 saturated heterocycles. The van der Waals surface area contributed by atoms with Crippen LogP contribution in [-0.4, -0.2) is 6.04 Å². The van der Waals surface area contributed by atoms with Gasteiger partial charge in [-0.15, -0.1) is 0 Å². The average molecular weight is 287 g/mol. The molecular weight excluding hydrogens is 266 g/mol. The lowest BCUT2D eigenvalue weighted by atomic mass is 10.1. The molecular formula is C21H21N. The van der Waals surface area contributed by atoms with Gasteiger partial charge in [0.1, 0.15) is 0 Å². The van der Waals surface area contributed by atoms with Gasteiger partial charge >= 0.3 is 0 Å². The first-order chi connectivity index (χ1) is 10.8. The summed E-state index contributed by atoms with van der Waals surface area (Å²) >= 11 is 0. The summed E-state index contributed by atoms with van der Waals surface area (Å²) in [7, 11) is 0. The number of hydrogen-bond donors (Lipinski definition) is 1. The lowest BCUT2D eigenvalue weighted by molar-refractivity contribution is 0.687. The first kappa shape index (κ1) is 14.4. The van der Waals surface area contributed by atoms with Crippen LogP contribution in [-0.2, 0) is 0 Å². The van der Waals surface area contributed by atoms with Crippen LogP contribution in [0.4, 0.5) is 0 Å². The lowest BCUT2D eigenvalue weighted by Crippen LogP contribution is -2.25. The molecule has 0 heterocycles. The third kappa shape index (κ3) is 3.56. The quantitative estimate of drug-likeness (QED) is 0.759. The Morgan fingerprint density at radius 1 is 1.09 bits per heavy atom. The van der Waals surface area contributed by atoms with Crippen LogP contribution >= 0.6 is 0 Å². The van der Waals surface area contributed by atoms with E-state index in [1.54, 1.807) is 0 Å². The number of hydrogen-bond acceptors (Lipinski definition) is 1. The van der Waals surface area contributed by atoms with Crippen molar-refractivity contribution in [1.29, 1.82) is 0 Å². The van der Waals surface area contributed by atoms with Crippen LogP contribution in [0.1, 0.15) is 18.9 Å². The number of fused-ring (bicyclic) bond motifs is 1. The zero-order chi connectivity index (χ0) is 15.2. The topological polar surface area (TPSA) is 12.0 Å². The van der Waals surface area contributed by atoms with Crippen molar-refractivity contribution >= 4 is 16.8 Å². The highest BCUT2D eigenvalue weighted by molar-refractivity contribution is 5.84. The van der Waals surface area contributed by atoms with Crippen molar-refractivity contribution < 1.29 is 0 Å².